The Hall–Kier alpha value is -6.08. The van der Waals surface area contributed by atoms with E-state index >= 15 is 0 Å². The molecule has 12 nitrogen and oxygen atoms in total. The normalized spacial score (nSPS) is 19.4. The van der Waals surface area contributed by atoms with Gasteiger partial charge >= 0.3 is 6.09 Å². The van der Waals surface area contributed by atoms with E-state index in [0.29, 0.717) is 45.0 Å². The van der Waals surface area contributed by atoms with Gasteiger partial charge in [-0.1, -0.05) is 109 Å². The second-order valence-electron chi connectivity index (χ2n) is 15.8. The highest BCUT2D eigenvalue weighted by molar-refractivity contribution is 5.84. The van der Waals surface area contributed by atoms with Crippen LogP contribution < -0.4 is 0 Å². The zero-order chi connectivity index (χ0) is 40.3. The summed E-state index contributed by atoms with van der Waals surface area (Å²) in [6.45, 7) is 2.21. The number of ether oxygens (including phenoxy) is 3. The highest BCUT2D eigenvalue weighted by atomic mass is 16.6. The van der Waals surface area contributed by atoms with E-state index in [0.717, 1.165) is 63.4 Å². The van der Waals surface area contributed by atoms with Gasteiger partial charge < -0.3 is 29.1 Å². The predicted molar refractivity (Wildman–Crippen MR) is 224 cm³/mol. The molecule has 0 radical (unpaired) electrons. The number of likely N-dealkylation sites (tertiary alicyclic amines) is 1. The number of likely N-dealkylation sites (N-methyl/N-ethyl adjacent to an activating group) is 1. The molecule has 1 spiro atoms. The minimum absolute atomic E-state index is 0.0957. The molecule has 3 atom stereocenters. The van der Waals surface area contributed by atoms with Crippen molar-refractivity contribution in [2.45, 2.75) is 56.1 Å². The average Bonchev–Trinajstić information content (AvgIpc) is 4.11. The van der Waals surface area contributed by atoms with Crippen molar-refractivity contribution in [3.8, 4) is 33.6 Å². The zero-order valence-corrected chi connectivity index (χ0v) is 33.4. The van der Waals surface area contributed by atoms with E-state index in [1.54, 1.807) is 4.90 Å². The average molecular weight is 792 g/mol. The van der Waals surface area contributed by atoms with Crippen molar-refractivity contribution in [1.82, 2.24) is 34.6 Å². The van der Waals surface area contributed by atoms with Gasteiger partial charge in [-0.15, -0.1) is 0 Å². The fourth-order valence-corrected chi connectivity index (χ4v) is 8.78. The number of carbonyl (C=O) groups excluding carboxylic acids is 2. The molecule has 3 aliphatic heterocycles. The molecule has 4 aromatic carbocycles. The molecule has 12 heteroatoms. The lowest BCUT2D eigenvalue weighted by molar-refractivity contribution is -0.138. The minimum atomic E-state index is -0.795. The van der Waals surface area contributed by atoms with Crippen LogP contribution in [0.3, 0.4) is 0 Å². The summed E-state index contributed by atoms with van der Waals surface area (Å²) in [6, 6.07) is 35.6. The van der Waals surface area contributed by atoms with E-state index in [1.165, 1.54) is 0 Å². The van der Waals surface area contributed by atoms with Gasteiger partial charge in [0.2, 0.25) is 5.91 Å². The molecule has 2 aromatic heterocycles. The van der Waals surface area contributed by atoms with Gasteiger partial charge in [0.05, 0.1) is 49.6 Å². The highest BCUT2D eigenvalue weighted by Gasteiger charge is 2.53. The second kappa shape index (κ2) is 16.6. The largest absolute Gasteiger partial charge is 0.444 e. The lowest BCUT2D eigenvalue weighted by Gasteiger charge is -2.40. The first-order chi connectivity index (χ1) is 28.9. The van der Waals surface area contributed by atoms with Crippen LogP contribution in [-0.4, -0.2) is 92.8 Å². The van der Waals surface area contributed by atoms with Gasteiger partial charge in [0.25, 0.3) is 0 Å². The number of carbonyl (C=O) groups is 2. The molecule has 6 aromatic rings. The Bertz CT molecular complexity index is 2360. The smallest absolute Gasteiger partial charge is 0.413 e. The minimum Gasteiger partial charge on any atom is -0.444 e. The quantitative estimate of drug-likeness (QED) is 0.142. The number of H-pyrrole nitrogens is 2. The number of aromatic amines is 2. The van der Waals surface area contributed by atoms with E-state index in [9.17, 15) is 9.59 Å². The maximum absolute atomic E-state index is 13.9. The molecule has 3 aliphatic rings. The Morgan fingerprint density at radius 3 is 1.93 bits per heavy atom. The molecule has 3 fully saturated rings. The Balaban J connectivity index is 0.868. The van der Waals surface area contributed by atoms with Crippen LogP contribution in [-0.2, 0) is 25.6 Å². The molecule has 0 unspecified atom stereocenters. The highest BCUT2D eigenvalue weighted by Crippen LogP contribution is 2.43. The monoisotopic (exact) mass is 791 g/mol. The third kappa shape index (κ3) is 7.78. The lowest BCUT2D eigenvalue weighted by Crippen LogP contribution is -2.52. The van der Waals surface area contributed by atoms with Gasteiger partial charge in [-0.05, 0) is 60.3 Å². The number of hydrogen-bond donors (Lipinski definition) is 2. The number of aromatic nitrogens is 4. The molecule has 2 N–H and O–H groups in total. The van der Waals surface area contributed by atoms with E-state index < -0.39 is 17.9 Å². The Kier molecular flexibility index (Phi) is 10.8. The first-order valence-corrected chi connectivity index (χ1v) is 20.4. The van der Waals surface area contributed by atoms with Crippen LogP contribution in [0.15, 0.2) is 122 Å². The zero-order valence-electron chi connectivity index (χ0n) is 33.4. The van der Waals surface area contributed by atoms with Crippen LogP contribution in [0.25, 0.3) is 33.6 Å². The fraction of sp³-hybridized carbons (Fsp3) is 0.319. The van der Waals surface area contributed by atoms with Crippen LogP contribution in [0.5, 0.6) is 0 Å². The first-order valence-electron chi connectivity index (χ1n) is 20.4. The number of imidazole rings is 2. The summed E-state index contributed by atoms with van der Waals surface area (Å²) in [6.07, 6.45) is 6.20. The van der Waals surface area contributed by atoms with Crippen molar-refractivity contribution in [2.75, 3.05) is 40.5 Å². The molecule has 0 saturated carbocycles. The van der Waals surface area contributed by atoms with Crippen molar-refractivity contribution >= 4 is 12.0 Å². The summed E-state index contributed by atoms with van der Waals surface area (Å²) in [7, 11) is 3.91. The maximum Gasteiger partial charge on any atom is 0.413 e. The van der Waals surface area contributed by atoms with Crippen LogP contribution >= 0.6 is 0 Å². The maximum atomic E-state index is 13.9. The second-order valence-corrected chi connectivity index (χ2v) is 15.8. The number of benzene rings is 4. The summed E-state index contributed by atoms with van der Waals surface area (Å²) in [5, 5.41) is 0. The molecular formula is C47H49N7O5. The molecular weight excluding hydrogens is 743 g/mol. The third-order valence-electron chi connectivity index (χ3n) is 11.9. The van der Waals surface area contributed by atoms with Gasteiger partial charge in [0.1, 0.15) is 30.3 Å². The topological polar surface area (TPSA) is 129 Å². The van der Waals surface area contributed by atoms with Gasteiger partial charge in [-0.25, -0.2) is 14.8 Å². The van der Waals surface area contributed by atoms with Crippen LogP contribution in [0, 0.1) is 0 Å². The third-order valence-corrected chi connectivity index (χ3v) is 11.9. The molecule has 59 heavy (non-hydrogen) atoms. The Labute approximate surface area is 344 Å². The van der Waals surface area contributed by atoms with Crippen LogP contribution in [0.1, 0.15) is 66.6 Å². The number of nitrogens with one attached hydrogen (secondary N) is 2. The summed E-state index contributed by atoms with van der Waals surface area (Å²) in [5.41, 5.74) is 7.05. The van der Waals surface area contributed by atoms with Crippen LogP contribution in [0.4, 0.5) is 4.79 Å². The van der Waals surface area contributed by atoms with E-state index in [2.05, 4.69) is 58.5 Å². The van der Waals surface area contributed by atoms with Crippen molar-refractivity contribution in [1.29, 1.82) is 0 Å². The Morgan fingerprint density at radius 1 is 0.780 bits per heavy atom. The standard InChI is InChI=1S/C47H49N7O5/c1-52(2)42(37-12-7-4-8-13-37)45(55)53-25-9-14-40(53)43-48-28-38(50-43)35-19-15-33(16-20-35)34-17-21-36(22-18-34)39-29-49-44(51-39)41-31-59-47(23-26-57-27-24-47)54(41)46(56)58-30-32-10-5-3-6-11-32/h3-8,10-13,15-22,28-29,40-42H,9,14,23-27,30-31H2,1-2H3,(H,48,50)(H,49,51)/t40-,41-,42+/m0/s1. The lowest BCUT2D eigenvalue weighted by atomic mass is 10.0. The molecule has 3 saturated heterocycles. The summed E-state index contributed by atoms with van der Waals surface area (Å²) in [5.74, 6) is 1.57. The number of hydrogen-bond acceptors (Lipinski definition) is 8. The van der Waals surface area contributed by atoms with E-state index in [-0.39, 0.29) is 24.6 Å². The number of amides is 2. The molecule has 2 amide bonds. The van der Waals surface area contributed by atoms with Crippen molar-refractivity contribution < 1.29 is 23.8 Å². The molecule has 0 bridgehead atoms. The van der Waals surface area contributed by atoms with Crippen molar-refractivity contribution in [3.05, 3.63) is 144 Å². The summed E-state index contributed by atoms with van der Waals surface area (Å²) >= 11 is 0. The van der Waals surface area contributed by atoms with Gasteiger partial charge in [0, 0.05) is 19.4 Å². The first kappa shape index (κ1) is 38.4. The van der Waals surface area contributed by atoms with Gasteiger partial charge in [0.15, 0.2) is 5.72 Å². The van der Waals surface area contributed by atoms with Gasteiger partial charge in [-0.3, -0.25) is 14.6 Å². The van der Waals surface area contributed by atoms with E-state index in [1.807, 2.05) is 97.0 Å². The van der Waals surface area contributed by atoms with Crippen molar-refractivity contribution in [2.24, 2.45) is 0 Å². The Morgan fingerprint density at radius 2 is 1.34 bits per heavy atom. The SMILES string of the molecule is CN(C)[C@@H](C(=O)N1CCC[C@H]1c1ncc(-c2ccc(-c3ccc(-c4cnc([C@@H]5COC6(CCOCC6)N5C(=O)OCc5ccccc5)[nH]4)cc3)cc2)[nH]1)c1ccccc1. The molecule has 5 heterocycles. The number of rotatable bonds is 10. The molecule has 0 aliphatic carbocycles. The number of nitrogens with zero attached hydrogens (tertiary/aromatic N) is 5. The van der Waals surface area contributed by atoms with E-state index in [4.69, 9.17) is 24.2 Å². The molecule has 9 rings (SSSR count). The predicted octanol–water partition coefficient (Wildman–Crippen LogP) is 8.32. The summed E-state index contributed by atoms with van der Waals surface area (Å²) < 4.78 is 17.9. The van der Waals surface area contributed by atoms with Gasteiger partial charge in [-0.2, -0.15) is 0 Å². The fourth-order valence-electron chi connectivity index (χ4n) is 8.78. The van der Waals surface area contributed by atoms with Crippen LogP contribution in [0.2, 0.25) is 0 Å². The van der Waals surface area contributed by atoms with Crippen molar-refractivity contribution in [3.63, 3.8) is 0 Å². The molecule has 302 valence electrons. The summed E-state index contributed by atoms with van der Waals surface area (Å²) in [4.78, 5) is 49.9.